The summed E-state index contributed by atoms with van der Waals surface area (Å²) >= 11 is 9.95. The van der Waals surface area contributed by atoms with Crippen LogP contribution in [0, 0.1) is 0 Å². The Balaban J connectivity index is 2.14. The van der Waals surface area contributed by atoms with Crippen LogP contribution in [0.4, 0.5) is 0 Å². The molecule has 2 N–H and O–H groups in total. The molecule has 0 atom stereocenters. The van der Waals surface area contributed by atoms with E-state index >= 15 is 0 Å². The maximum Gasteiger partial charge on any atom is 0.253 e. The molecule has 2 aromatic rings. The molecule has 0 spiro atoms. The highest BCUT2D eigenvalue weighted by Crippen LogP contribution is 2.22. The van der Waals surface area contributed by atoms with Gasteiger partial charge in [0.2, 0.25) is 0 Å². The van der Waals surface area contributed by atoms with Crippen LogP contribution in [0.5, 0.6) is 0 Å². The second-order valence-electron chi connectivity index (χ2n) is 4.37. The van der Waals surface area contributed by atoms with Crippen molar-refractivity contribution in [1.82, 2.24) is 4.90 Å². The minimum atomic E-state index is -0.0505. The van der Waals surface area contributed by atoms with Gasteiger partial charge in [0.25, 0.3) is 5.91 Å². The third-order valence-electron chi connectivity index (χ3n) is 2.78. The summed E-state index contributed by atoms with van der Waals surface area (Å²) in [4.78, 5) is 14.3. The Morgan fingerprint density at radius 2 is 2.10 bits per heavy atom. The molecule has 104 valence electrons. The summed E-state index contributed by atoms with van der Waals surface area (Å²) in [6.45, 7) is 0.568. The fourth-order valence-corrected chi connectivity index (χ4v) is 3.13. The molecule has 1 aromatic heterocycles. The lowest BCUT2D eigenvalue weighted by molar-refractivity contribution is 0.0785. The highest BCUT2D eigenvalue weighted by Gasteiger charge is 2.13. The van der Waals surface area contributed by atoms with E-state index in [1.807, 2.05) is 11.4 Å². The molecule has 6 heteroatoms. The molecule has 1 heterocycles. The lowest BCUT2D eigenvalue weighted by Gasteiger charge is -2.16. The van der Waals surface area contributed by atoms with Gasteiger partial charge in [0.15, 0.2) is 0 Å². The second-order valence-corrected chi connectivity index (χ2v) is 7.10. The fourth-order valence-electron chi connectivity index (χ4n) is 1.80. The molecule has 0 saturated heterocycles. The van der Waals surface area contributed by atoms with Crippen molar-refractivity contribution >= 4 is 50.4 Å². The molecule has 0 aliphatic rings. The zero-order valence-corrected chi connectivity index (χ0v) is 14.0. The lowest BCUT2D eigenvalue weighted by Crippen LogP contribution is -2.26. The Kier molecular flexibility index (Phi) is 4.91. The van der Waals surface area contributed by atoms with E-state index in [-0.39, 0.29) is 5.91 Å². The van der Waals surface area contributed by atoms with Gasteiger partial charge in [-0.05, 0) is 45.1 Å². The zero-order chi connectivity index (χ0) is 14.7. The Morgan fingerprint density at radius 3 is 2.70 bits per heavy atom. The van der Waals surface area contributed by atoms with Gasteiger partial charge >= 0.3 is 0 Å². The molecule has 0 bridgehead atoms. The quantitative estimate of drug-likeness (QED) is 0.841. The lowest BCUT2D eigenvalue weighted by atomic mass is 10.1. The van der Waals surface area contributed by atoms with Gasteiger partial charge in [0.1, 0.15) is 4.99 Å². The summed E-state index contributed by atoms with van der Waals surface area (Å²) in [6, 6.07) is 9.10. The van der Waals surface area contributed by atoms with Crippen molar-refractivity contribution in [2.45, 2.75) is 6.54 Å². The van der Waals surface area contributed by atoms with E-state index in [4.69, 9.17) is 18.0 Å². The Labute approximate surface area is 135 Å². The van der Waals surface area contributed by atoms with Crippen molar-refractivity contribution in [1.29, 1.82) is 0 Å². The van der Waals surface area contributed by atoms with Gasteiger partial charge in [-0.25, -0.2) is 0 Å². The van der Waals surface area contributed by atoms with E-state index < -0.39 is 0 Å². The van der Waals surface area contributed by atoms with Crippen molar-refractivity contribution in [3.05, 3.63) is 56.2 Å². The largest absolute Gasteiger partial charge is 0.389 e. The van der Waals surface area contributed by atoms with Gasteiger partial charge in [-0.3, -0.25) is 4.79 Å². The molecular formula is C14H13BrN2OS2. The van der Waals surface area contributed by atoms with Crippen LogP contribution in [-0.2, 0) is 6.54 Å². The minimum absolute atomic E-state index is 0.0505. The van der Waals surface area contributed by atoms with Crippen LogP contribution in [0.2, 0.25) is 0 Å². The number of halogens is 1. The first-order valence-electron chi connectivity index (χ1n) is 5.85. The molecule has 0 radical (unpaired) electrons. The Morgan fingerprint density at radius 1 is 1.40 bits per heavy atom. The maximum atomic E-state index is 12.4. The van der Waals surface area contributed by atoms with E-state index in [1.54, 1.807) is 47.5 Å². The number of nitrogens with zero attached hydrogens (tertiary/aromatic N) is 1. The number of amides is 1. The molecule has 20 heavy (non-hydrogen) atoms. The Bertz CT molecular complexity index is 654. The number of hydrogen-bond acceptors (Lipinski definition) is 3. The topological polar surface area (TPSA) is 46.3 Å². The smallest absolute Gasteiger partial charge is 0.253 e. The number of rotatable bonds is 4. The van der Waals surface area contributed by atoms with Gasteiger partial charge < -0.3 is 10.6 Å². The third-order valence-corrected chi connectivity index (χ3v) is 4.57. The van der Waals surface area contributed by atoms with E-state index in [1.165, 1.54) is 0 Å². The molecule has 0 unspecified atom stereocenters. The van der Waals surface area contributed by atoms with Crippen LogP contribution in [0.1, 0.15) is 21.5 Å². The average molecular weight is 369 g/mol. The molecule has 0 aliphatic carbocycles. The monoisotopic (exact) mass is 368 g/mol. The van der Waals surface area contributed by atoms with Crippen molar-refractivity contribution in [2.24, 2.45) is 5.73 Å². The SMILES string of the molecule is CN(Cc1csc(Br)c1)C(=O)c1cccc(C(N)=S)c1. The summed E-state index contributed by atoms with van der Waals surface area (Å²) in [5.74, 6) is -0.0505. The minimum Gasteiger partial charge on any atom is -0.389 e. The van der Waals surface area contributed by atoms with E-state index in [2.05, 4.69) is 15.9 Å². The molecule has 0 aliphatic heterocycles. The van der Waals surface area contributed by atoms with E-state index in [0.29, 0.717) is 22.7 Å². The second kappa shape index (κ2) is 6.47. The van der Waals surface area contributed by atoms with Gasteiger partial charge in [-0.15, -0.1) is 11.3 Å². The summed E-state index contributed by atoms with van der Waals surface area (Å²) in [6.07, 6.45) is 0. The highest BCUT2D eigenvalue weighted by molar-refractivity contribution is 9.11. The number of benzene rings is 1. The number of carbonyl (C=O) groups excluding carboxylic acids is 1. The van der Waals surface area contributed by atoms with Crippen molar-refractivity contribution in [3.63, 3.8) is 0 Å². The molecule has 0 saturated carbocycles. The summed E-state index contributed by atoms with van der Waals surface area (Å²) in [7, 11) is 1.78. The average Bonchev–Trinajstić information content (AvgIpc) is 2.83. The molecule has 1 amide bonds. The van der Waals surface area contributed by atoms with Crippen molar-refractivity contribution in [3.8, 4) is 0 Å². The maximum absolute atomic E-state index is 12.4. The van der Waals surface area contributed by atoms with Gasteiger partial charge in [0.05, 0.1) is 3.79 Å². The first-order valence-corrected chi connectivity index (χ1v) is 7.93. The number of thiophene rings is 1. The predicted molar refractivity (Wildman–Crippen MR) is 90.1 cm³/mol. The number of thiocarbonyl (C=S) groups is 1. The van der Waals surface area contributed by atoms with Gasteiger partial charge in [-0.1, -0.05) is 24.4 Å². The van der Waals surface area contributed by atoms with Crippen LogP contribution in [0.25, 0.3) is 0 Å². The molecule has 1 aromatic carbocycles. The third kappa shape index (κ3) is 3.65. The molecule has 2 rings (SSSR count). The normalized spacial score (nSPS) is 10.3. The molecule has 0 fully saturated rings. The number of nitrogens with two attached hydrogens (primary N) is 1. The summed E-state index contributed by atoms with van der Waals surface area (Å²) < 4.78 is 1.06. The number of carbonyl (C=O) groups is 1. The molecular weight excluding hydrogens is 356 g/mol. The predicted octanol–water partition coefficient (Wildman–Crippen LogP) is 3.42. The van der Waals surface area contributed by atoms with Crippen molar-refractivity contribution in [2.75, 3.05) is 7.05 Å². The van der Waals surface area contributed by atoms with Crippen LogP contribution in [0.3, 0.4) is 0 Å². The standard InChI is InChI=1S/C14H13BrN2OS2/c1-17(7-9-5-12(15)20-8-9)14(18)11-4-2-3-10(6-11)13(16)19/h2-6,8H,7H2,1H3,(H2,16,19). The van der Waals surface area contributed by atoms with Crippen LogP contribution in [0.15, 0.2) is 39.5 Å². The molecule has 3 nitrogen and oxygen atoms in total. The first-order chi connectivity index (χ1) is 9.47. The van der Waals surface area contributed by atoms with Crippen LogP contribution >= 0.6 is 39.5 Å². The van der Waals surface area contributed by atoms with Gasteiger partial charge in [-0.2, -0.15) is 0 Å². The highest BCUT2D eigenvalue weighted by atomic mass is 79.9. The van der Waals surface area contributed by atoms with Crippen LogP contribution < -0.4 is 5.73 Å². The van der Waals surface area contributed by atoms with Crippen molar-refractivity contribution < 1.29 is 4.79 Å². The summed E-state index contributed by atoms with van der Waals surface area (Å²) in [5.41, 5.74) is 7.98. The zero-order valence-electron chi connectivity index (χ0n) is 10.8. The van der Waals surface area contributed by atoms with E-state index in [0.717, 1.165) is 9.35 Å². The Hall–Kier alpha value is -1.24. The fraction of sp³-hybridized carbons (Fsp3) is 0.143. The van der Waals surface area contributed by atoms with E-state index in [9.17, 15) is 4.79 Å². The van der Waals surface area contributed by atoms with Gasteiger partial charge in [0, 0.05) is 24.7 Å². The van der Waals surface area contributed by atoms with Crippen LogP contribution in [-0.4, -0.2) is 22.8 Å². The number of hydrogen-bond donors (Lipinski definition) is 1. The first kappa shape index (κ1) is 15.2. The summed E-state index contributed by atoms with van der Waals surface area (Å²) in [5, 5.41) is 2.03.